The zero-order valence-corrected chi connectivity index (χ0v) is 12.9. The van der Waals surface area contributed by atoms with Gasteiger partial charge in [-0.25, -0.2) is 4.99 Å². The zero-order valence-electron chi connectivity index (χ0n) is 12.1. The van der Waals surface area contributed by atoms with Crippen LogP contribution in [0.15, 0.2) is 28.3 Å². The van der Waals surface area contributed by atoms with Gasteiger partial charge in [-0.1, -0.05) is 23.3 Å². The average Bonchev–Trinajstić information content (AvgIpc) is 2.29. The van der Waals surface area contributed by atoms with Crippen molar-refractivity contribution in [3.8, 4) is 0 Å². The second kappa shape index (κ2) is 7.01. The molecule has 0 aromatic carbocycles. The minimum atomic E-state index is -0.0368. The summed E-state index contributed by atoms with van der Waals surface area (Å²) in [5.74, 6) is 0.613. The van der Waals surface area contributed by atoms with Gasteiger partial charge in [-0.3, -0.25) is 0 Å². The van der Waals surface area contributed by atoms with E-state index in [0.29, 0.717) is 5.92 Å². The summed E-state index contributed by atoms with van der Waals surface area (Å²) < 4.78 is 0. The van der Waals surface area contributed by atoms with Gasteiger partial charge < -0.3 is 0 Å². The standard InChI is InChI=1S/C16H25NS/c1-13(2)6-5-11-16(4,17-12-18)15-9-7-14(3)8-10-15/h6-7,15H,5,8-11H2,1-4H3/t15-,16-/m0/s1. The fourth-order valence-electron chi connectivity index (χ4n) is 2.64. The zero-order chi connectivity index (χ0) is 13.6. The monoisotopic (exact) mass is 263 g/mol. The molecule has 0 radical (unpaired) electrons. The Hall–Kier alpha value is -0.720. The number of isothiocyanates is 1. The molecule has 2 heteroatoms. The topological polar surface area (TPSA) is 12.4 Å². The second-order valence-electron chi connectivity index (χ2n) is 5.90. The third kappa shape index (κ3) is 4.51. The van der Waals surface area contributed by atoms with Gasteiger partial charge in [0.05, 0.1) is 10.7 Å². The number of nitrogens with zero attached hydrogens (tertiary/aromatic N) is 1. The molecule has 1 aliphatic carbocycles. The molecule has 18 heavy (non-hydrogen) atoms. The van der Waals surface area contributed by atoms with Gasteiger partial charge in [0.15, 0.2) is 0 Å². The van der Waals surface area contributed by atoms with E-state index in [1.807, 2.05) is 0 Å². The lowest BCUT2D eigenvalue weighted by molar-refractivity contribution is 0.260. The van der Waals surface area contributed by atoms with E-state index in [4.69, 9.17) is 12.2 Å². The maximum absolute atomic E-state index is 4.85. The Morgan fingerprint density at radius 3 is 2.83 bits per heavy atom. The third-order valence-electron chi connectivity index (χ3n) is 4.02. The summed E-state index contributed by atoms with van der Waals surface area (Å²) in [6, 6.07) is 0. The molecule has 0 saturated carbocycles. The van der Waals surface area contributed by atoms with Crippen molar-refractivity contribution >= 4 is 17.4 Å². The summed E-state index contributed by atoms with van der Waals surface area (Å²) in [5, 5.41) is 2.62. The molecule has 0 aliphatic heterocycles. The van der Waals surface area contributed by atoms with E-state index in [-0.39, 0.29) is 5.54 Å². The predicted octanol–water partition coefficient (Wildman–Crippen LogP) is 5.34. The summed E-state index contributed by atoms with van der Waals surface area (Å²) >= 11 is 4.85. The van der Waals surface area contributed by atoms with Crippen molar-refractivity contribution in [2.45, 2.75) is 65.3 Å². The highest BCUT2D eigenvalue weighted by Crippen LogP contribution is 2.37. The van der Waals surface area contributed by atoms with Crippen molar-refractivity contribution in [3.63, 3.8) is 0 Å². The molecule has 0 aromatic rings. The van der Waals surface area contributed by atoms with Crippen LogP contribution in [0, 0.1) is 5.92 Å². The van der Waals surface area contributed by atoms with Gasteiger partial charge in [0.25, 0.3) is 0 Å². The quantitative estimate of drug-likeness (QED) is 0.370. The number of hydrogen-bond acceptors (Lipinski definition) is 2. The van der Waals surface area contributed by atoms with E-state index in [1.165, 1.54) is 24.0 Å². The predicted molar refractivity (Wildman–Crippen MR) is 83.2 cm³/mol. The van der Waals surface area contributed by atoms with Gasteiger partial charge >= 0.3 is 0 Å². The van der Waals surface area contributed by atoms with Crippen molar-refractivity contribution in [3.05, 3.63) is 23.3 Å². The maximum Gasteiger partial charge on any atom is 0.0717 e. The Bertz CT molecular complexity index is 384. The molecule has 0 fully saturated rings. The molecule has 0 aromatic heterocycles. The van der Waals surface area contributed by atoms with E-state index < -0.39 is 0 Å². The number of thiocarbonyl (C=S) groups is 1. The van der Waals surface area contributed by atoms with Crippen molar-refractivity contribution in [2.24, 2.45) is 10.9 Å². The van der Waals surface area contributed by atoms with Crippen LogP contribution in [0.25, 0.3) is 0 Å². The highest BCUT2D eigenvalue weighted by molar-refractivity contribution is 7.78. The average molecular weight is 263 g/mol. The molecule has 0 amide bonds. The molecule has 100 valence electrons. The van der Waals surface area contributed by atoms with Crippen LogP contribution in [0.5, 0.6) is 0 Å². The van der Waals surface area contributed by atoms with Crippen LogP contribution >= 0.6 is 12.2 Å². The highest BCUT2D eigenvalue weighted by atomic mass is 32.1. The lowest BCUT2D eigenvalue weighted by Gasteiger charge is -2.35. The number of hydrogen-bond donors (Lipinski definition) is 0. The van der Waals surface area contributed by atoms with Crippen LogP contribution in [-0.4, -0.2) is 10.7 Å². The summed E-state index contributed by atoms with van der Waals surface area (Å²) in [6.07, 6.45) is 10.4. The molecule has 0 bridgehead atoms. The molecule has 2 atom stereocenters. The summed E-state index contributed by atoms with van der Waals surface area (Å²) in [7, 11) is 0. The third-order valence-corrected chi connectivity index (χ3v) is 4.11. The van der Waals surface area contributed by atoms with Crippen LogP contribution in [0.4, 0.5) is 0 Å². The molecule has 0 heterocycles. The Labute approximate surface area is 117 Å². The first-order valence-electron chi connectivity index (χ1n) is 6.86. The number of allylic oxidation sites excluding steroid dienone is 4. The molecule has 1 aliphatic rings. The van der Waals surface area contributed by atoms with E-state index in [1.54, 1.807) is 0 Å². The van der Waals surface area contributed by atoms with Crippen molar-refractivity contribution < 1.29 is 0 Å². The minimum Gasteiger partial charge on any atom is -0.226 e. The molecule has 0 spiro atoms. The van der Waals surface area contributed by atoms with Crippen LogP contribution in [0.1, 0.15) is 59.8 Å². The largest absolute Gasteiger partial charge is 0.226 e. The van der Waals surface area contributed by atoms with Gasteiger partial charge in [0.1, 0.15) is 0 Å². The number of rotatable bonds is 5. The molecule has 0 N–H and O–H groups in total. The van der Waals surface area contributed by atoms with Crippen molar-refractivity contribution in [1.29, 1.82) is 0 Å². The molecular formula is C16H25NS. The van der Waals surface area contributed by atoms with Crippen molar-refractivity contribution in [2.75, 3.05) is 0 Å². The molecule has 0 saturated heterocycles. The highest BCUT2D eigenvalue weighted by Gasteiger charge is 2.33. The summed E-state index contributed by atoms with van der Waals surface area (Å²) in [5.41, 5.74) is 2.86. The first kappa shape index (κ1) is 15.3. The van der Waals surface area contributed by atoms with Crippen LogP contribution in [0.2, 0.25) is 0 Å². The Morgan fingerprint density at radius 1 is 1.61 bits per heavy atom. The Morgan fingerprint density at radius 2 is 2.33 bits per heavy atom. The SMILES string of the molecule is CC(C)=CCC[C@](C)(N=C=S)[C@H]1CC=C(C)CC1. The lowest BCUT2D eigenvalue weighted by Crippen LogP contribution is -2.33. The summed E-state index contributed by atoms with van der Waals surface area (Å²) in [4.78, 5) is 4.51. The van der Waals surface area contributed by atoms with Crippen LogP contribution in [0.3, 0.4) is 0 Å². The van der Waals surface area contributed by atoms with E-state index >= 15 is 0 Å². The van der Waals surface area contributed by atoms with E-state index in [0.717, 1.165) is 19.3 Å². The molecule has 1 rings (SSSR count). The molecule has 0 unspecified atom stereocenters. The number of aliphatic imine (C=N–C) groups is 1. The van der Waals surface area contributed by atoms with Crippen LogP contribution < -0.4 is 0 Å². The minimum absolute atomic E-state index is 0.0368. The van der Waals surface area contributed by atoms with Gasteiger partial charge in [0.2, 0.25) is 0 Å². The first-order chi connectivity index (χ1) is 8.48. The molecule has 1 nitrogen and oxygen atoms in total. The lowest BCUT2D eigenvalue weighted by atomic mass is 9.74. The fourth-order valence-corrected chi connectivity index (χ4v) is 2.85. The van der Waals surface area contributed by atoms with Gasteiger partial charge in [-0.05, 0) is 77.9 Å². The fraction of sp³-hybridized carbons (Fsp3) is 0.688. The van der Waals surface area contributed by atoms with Gasteiger partial charge in [-0.2, -0.15) is 0 Å². The second-order valence-corrected chi connectivity index (χ2v) is 6.08. The van der Waals surface area contributed by atoms with Crippen molar-refractivity contribution in [1.82, 2.24) is 0 Å². The normalized spacial score (nSPS) is 22.4. The Kier molecular flexibility index (Phi) is 5.98. The Balaban J connectivity index is 2.74. The van der Waals surface area contributed by atoms with Crippen LogP contribution in [-0.2, 0) is 0 Å². The smallest absolute Gasteiger partial charge is 0.0717 e. The maximum atomic E-state index is 4.85. The molecular weight excluding hydrogens is 238 g/mol. The van der Waals surface area contributed by atoms with Gasteiger partial charge in [0, 0.05) is 0 Å². The van der Waals surface area contributed by atoms with E-state index in [2.05, 4.69) is 50.0 Å². The van der Waals surface area contributed by atoms with E-state index in [9.17, 15) is 0 Å². The summed E-state index contributed by atoms with van der Waals surface area (Å²) in [6.45, 7) is 8.75. The van der Waals surface area contributed by atoms with Gasteiger partial charge in [-0.15, -0.1) is 0 Å². The first-order valence-corrected chi connectivity index (χ1v) is 7.27.